The van der Waals surface area contributed by atoms with Gasteiger partial charge < -0.3 is 0 Å². The fourth-order valence-corrected chi connectivity index (χ4v) is 0.898. The van der Waals surface area contributed by atoms with Crippen molar-refractivity contribution < 1.29 is 9.85 Å². The number of hydrogen-bond donors (Lipinski definition) is 0. The number of nitrogens with zero attached hydrogens (tertiary/aromatic N) is 2. The molecule has 0 aliphatic rings. The van der Waals surface area contributed by atoms with Crippen molar-refractivity contribution in [2.45, 2.75) is 41.5 Å². The fourth-order valence-electron chi connectivity index (χ4n) is 0.898. The van der Waals surface area contributed by atoms with E-state index in [0.29, 0.717) is 0 Å². The Hall–Kier alpha value is -1.98. The molecule has 0 saturated heterocycles. The van der Waals surface area contributed by atoms with Crippen LogP contribution in [0.3, 0.4) is 0 Å². The zero-order valence-electron chi connectivity index (χ0n) is 14.3. The number of aryl methyl sites for hydroxylation is 2. The lowest BCUT2D eigenvalue weighted by atomic mass is 10.1. The van der Waals surface area contributed by atoms with Crippen LogP contribution in [0.25, 0.3) is 0 Å². The monoisotopic (exact) mass is 300 g/mol. The van der Waals surface area contributed by atoms with Gasteiger partial charge in [-0.2, -0.15) is 0 Å². The quantitative estimate of drug-likeness (QED) is 0.534. The molecule has 0 heterocycles. The van der Waals surface area contributed by atoms with Gasteiger partial charge in [-0.05, 0) is 43.4 Å². The molecule has 1 aromatic rings. The van der Waals surface area contributed by atoms with Crippen LogP contribution < -0.4 is 0 Å². The molecular weight excluding hydrogens is 272 g/mol. The maximum absolute atomic E-state index is 8.81. The summed E-state index contributed by atoms with van der Waals surface area (Å²) in [5.41, 5.74) is 4.18. The number of rotatable bonds is 0. The van der Waals surface area contributed by atoms with Crippen molar-refractivity contribution in [1.82, 2.24) is 0 Å². The lowest BCUT2D eigenvalue weighted by Crippen LogP contribution is -1.82. The molecule has 0 aliphatic heterocycles. The van der Waals surface area contributed by atoms with Crippen LogP contribution in [0, 0.1) is 46.9 Å². The van der Waals surface area contributed by atoms with Gasteiger partial charge in [0.05, 0.1) is 0 Å². The minimum absolute atomic E-state index is 0.500. The second-order valence-electron chi connectivity index (χ2n) is 5.13. The van der Waals surface area contributed by atoms with Crippen LogP contribution in [0.5, 0.6) is 0 Å². The maximum atomic E-state index is 8.81. The first-order valence-corrected chi connectivity index (χ1v) is 6.60. The van der Waals surface area contributed by atoms with E-state index >= 15 is 0 Å². The fraction of sp³-hybridized carbons (Fsp3) is 0.600. The van der Waals surface area contributed by atoms with Crippen LogP contribution in [-0.2, 0) is 0 Å². The van der Waals surface area contributed by atoms with Gasteiger partial charge in [-0.1, -0.05) is 39.0 Å². The first-order chi connectivity index (χ1) is 9.41. The summed E-state index contributed by atoms with van der Waals surface area (Å²) in [5, 5.41) is 17.6. The SMILES string of the molecule is CC(C)C.C[N+](=O)[O-].C[N+](=O)[O-].Cc1cccc(C)c1C. The Morgan fingerprint density at radius 1 is 0.857 bits per heavy atom. The Bertz CT molecular complexity index is 375. The van der Waals surface area contributed by atoms with Crippen LogP contribution in [0.4, 0.5) is 0 Å². The van der Waals surface area contributed by atoms with E-state index < -0.39 is 9.85 Å². The van der Waals surface area contributed by atoms with Crippen molar-refractivity contribution in [2.24, 2.45) is 5.92 Å². The van der Waals surface area contributed by atoms with Crippen molar-refractivity contribution in [3.05, 3.63) is 55.1 Å². The highest BCUT2D eigenvalue weighted by molar-refractivity contribution is 5.31. The largest absolute Gasteiger partial charge is 0.265 e. The first kappa shape index (κ1) is 24.1. The van der Waals surface area contributed by atoms with Crippen LogP contribution in [0.15, 0.2) is 18.2 Å². The van der Waals surface area contributed by atoms with E-state index in [9.17, 15) is 0 Å². The number of hydrogen-bond acceptors (Lipinski definition) is 4. The number of benzene rings is 1. The van der Waals surface area contributed by atoms with Gasteiger partial charge in [0, 0.05) is 9.85 Å². The molecule has 0 aromatic heterocycles. The van der Waals surface area contributed by atoms with Crippen molar-refractivity contribution >= 4 is 0 Å². The highest BCUT2D eigenvalue weighted by Gasteiger charge is 1.91. The molecule has 0 unspecified atom stereocenters. The van der Waals surface area contributed by atoms with Gasteiger partial charge in [0.1, 0.15) is 0 Å². The Balaban J connectivity index is -0.000000230. The van der Waals surface area contributed by atoms with E-state index in [-0.39, 0.29) is 0 Å². The van der Waals surface area contributed by atoms with Gasteiger partial charge in [-0.15, -0.1) is 0 Å². The Kier molecular flexibility index (Phi) is 16.5. The van der Waals surface area contributed by atoms with Crippen molar-refractivity contribution in [2.75, 3.05) is 14.1 Å². The highest BCUT2D eigenvalue weighted by Crippen LogP contribution is 2.09. The molecule has 0 fully saturated rings. The maximum Gasteiger partial charge on any atom is 0.194 e. The van der Waals surface area contributed by atoms with E-state index in [1.165, 1.54) is 16.7 Å². The molecule has 6 nitrogen and oxygen atoms in total. The van der Waals surface area contributed by atoms with Crippen molar-refractivity contribution in [3.63, 3.8) is 0 Å². The predicted octanol–water partition coefficient (Wildman–Crippen LogP) is 4.06. The normalized spacial score (nSPS) is 8.24. The summed E-state index contributed by atoms with van der Waals surface area (Å²) in [4.78, 5) is 16.6. The van der Waals surface area contributed by atoms with E-state index in [0.717, 1.165) is 20.0 Å². The van der Waals surface area contributed by atoms with Gasteiger partial charge in [0.25, 0.3) is 0 Å². The summed E-state index contributed by atoms with van der Waals surface area (Å²) in [6, 6.07) is 6.38. The van der Waals surface area contributed by atoms with E-state index in [1.807, 2.05) is 0 Å². The molecule has 0 amide bonds. The second-order valence-corrected chi connectivity index (χ2v) is 5.13. The third kappa shape index (κ3) is 32.0. The van der Waals surface area contributed by atoms with Crippen LogP contribution in [-0.4, -0.2) is 23.9 Å². The summed E-state index contributed by atoms with van der Waals surface area (Å²) in [5.74, 6) is 0.833. The molecule has 1 rings (SSSR count). The topological polar surface area (TPSA) is 86.3 Å². The van der Waals surface area contributed by atoms with Crippen LogP contribution >= 0.6 is 0 Å². The molecule has 1 aromatic carbocycles. The van der Waals surface area contributed by atoms with E-state index in [4.69, 9.17) is 20.2 Å². The van der Waals surface area contributed by atoms with Gasteiger partial charge in [-0.25, -0.2) is 0 Å². The van der Waals surface area contributed by atoms with Gasteiger partial charge in [0.15, 0.2) is 14.1 Å². The summed E-state index contributed by atoms with van der Waals surface area (Å²) in [6.07, 6.45) is 0. The smallest absolute Gasteiger partial charge is 0.194 e. The Labute approximate surface area is 127 Å². The molecule has 0 saturated carbocycles. The Morgan fingerprint density at radius 3 is 1.19 bits per heavy atom. The molecule has 122 valence electrons. The van der Waals surface area contributed by atoms with Crippen LogP contribution in [0.1, 0.15) is 37.5 Å². The molecule has 21 heavy (non-hydrogen) atoms. The number of nitro groups is 2. The minimum Gasteiger partial charge on any atom is -0.265 e. The molecule has 0 bridgehead atoms. The zero-order chi connectivity index (χ0) is 17.6. The third-order valence-electron chi connectivity index (χ3n) is 1.88. The van der Waals surface area contributed by atoms with Gasteiger partial charge >= 0.3 is 0 Å². The third-order valence-corrected chi connectivity index (χ3v) is 1.88. The lowest BCUT2D eigenvalue weighted by molar-refractivity contribution is -0.445. The summed E-state index contributed by atoms with van der Waals surface area (Å²) >= 11 is 0. The van der Waals surface area contributed by atoms with Gasteiger partial charge in [-0.3, -0.25) is 20.2 Å². The van der Waals surface area contributed by atoms with E-state index in [1.54, 1.807) is 0 Å². The molecular formula is C15H28N2O4. The summed E-state index contributed by atoms with van der Waals surface area (Å²) in [6.45, 7) is 12.9. The highest BCUT2D eigenvalue weighted by atomic mass is 16.6. The standard InChI is InChI=1S/C9H12.C4H10.2CH3NO2/c1-7-5-4-6-8(2)9(7)3;1-4(2)3;2*1-2(3)4/h4-6H,1-3H3;4H,1-3H3;2*1H3. The molecule has 6 heteroatoms. The summed E-state index contributed by atoms with van der Waals surface area (Å²) in [7, 11) is 1.78. The van der Waals surface area contributed by atoms with Crippen molar-refractivity contribution in [3.8, 4) is 0 Å². The van der Waals surface area contributed by atoms with Gasteiger partial charge in [0.2, 0.25) is 0 Å². The molecule has 0 atom stereocenters. The second kappa shape index (κ2) is 14.4. The average molecular weight is 300 g/mol. The molecule has 0 radical (unpaired) electrons. The molecule has 0 aliphatic carbocycles. The van der Waals surface area contributed by atoms with Crippen LogP contribution in [0.2, 0.25) is 0 Å². The first-order valence-electron chi connectivity index (χ1n) is 6.60. The lowest BCUT2D eigenvalue weighted by Gasteiger charge is -2.00. The summed E-state index contributed by atoms with van der Waals surface area (Å²) < 4.78 is 0. The van der Waals surface area contributed by atoms with E-state index in [2.05, 4.69) is 59.7 Å². The van der Waals surface area contributed by atoms with Crippen molar-refractivity contribution in [1.29, 1.82) is 0 Å². The molecule has 0 spiro atoms. The molecule has 0 N–H and O–H groups in total. The minimum atomic E-state index is -0.500. The zero-order valence-corrected chi connectivity index (χ0v) is 14.3. The predicted molar refractivity (Wildman–Crippen MR) is 87.0 cm³/mol. The average Bonchev–Trinajstić information content (AvgIpc) is 2.23. The Morgan fingerprint density at radius 2 is 1.05 bits per heavy atom.